The number of rotatable bonds is 5. The van der Waals surface area contributed by atoms with Crippen molar-refractivity contribution in [1.29, 1.82) is 0 Å². The van der Waals surface area contributed by atoms with Gasteiger partial charge in [0.15, 0.2) is 0 Å². The summed E-state index contributed by atoms with van der Waals surface area (Å²) in [7, 11) is 0. The van der Waals surface area contributed by atoms with Crippen LogP contribution in [-0.2, 0) is 6.16 Å². The van der Waals surface area contributed by atoms with Crippen LogP contribution in [0.25, 0.3) is 0 Å². The molecule has 0 fully saturated rings. The Labute approximate surface area is 172 Å². The molecule has 0 saturated heterocycles. The van der Waals surface area contributed by atoms with Gasteiger partial charge in [-0.1, -0.05) is 0 Å². The summed E-state index contributed by atoms with van der Waals surface area (Å²) in [5, 5.41) is 1.13. The second kappa shape index (κ2) is 7.31. The van der Waals surface area contributed by atoms with Crippen molar-refractivity contribution in [1.82, 2.24) is 4.98 Å². The van der Waals surface area contributed by atoms with Crippen molar-refractivity contribution in [2.24, 2.45) is 0 Å². The number of thiazole rings is 1. The van der Waals surface area contributed by atoms with Crippen LogP contribution in [0.2, 0.25) is 0 Å². The second-order valence-electron chi connectivity index (χ2n) is 6.71. The normalized spacial score (nSPS) is 13.0. The molecule has 27 heavy (non-hydrogen) atoms. The SMILES string of the molecule is Cc1ncsc1CP(Br)(c1ccccc1)(c1ccccc1)c1ccccc1. The zero-order valence-electron chi connectivity index (χ0n) is 15.1. The molecular formula is C23H21BrNPS. The van der Waals surface area contributed by atoms with Crippen LogP contribution in [0.3, 0.4) is 0 Å². The summed E-state index contributed by atoms with van der Waals surface area (Å²) in [6, 6.07) is 32.7. The summed E-state index contributed by atoms with van der Waals surface area (Å²) in [6.45, 7) is 2.11. The maximum absolute atomic E-state index is 4.53. The van der Waals surface area contributed by atoms with Gasteiger partial charge in [-0.25, -0.2) is 0 Å². The second-order valence-corrected chi connectivity index (χ2v) is 16.6. The van der Waals surface area contributed by atoms with Crippen LogP contribution in [0, 0.1) is 6.92 Å². The minimum absolute atomic E-state index is 0.917. The van der Waals surface area contributed by atoms with E-state index in [9.17, 15) is 0 Å². The van der Waals surface area contributed by atoms with E-state index in [0.717, 1.165) is 11.9 Å². The van der Waals surface area contributed by atoms with Gasteiger partial charge in [-0.05, 0) is 0 Å². The molecule has 1 nitrogen and oxygen atoms in total. The molecule has 3 aromatic carbocycles. The third kappa shape index (κ3) is 3.08. The Balaban J connectivity index is 2.11. The number of hydrogen-bond donors (Lipinski definition) is 0. The molecule has 4 heteroatoms. The van der Waals surface area contributed by atoms with Crippen molar-refractivity contribution in [2.45, 2.75) is 13.1 Å². The first-order chi connectivity index (χ1) is 13.1. The zero-order valence-corrected chi connectivity index (χ0v) is 18.4. The van der Waals surface area contributed by atoms with E-state index < -0.39 is 5.31 Å². The van der Waals surface area contributed by atoms with Crippen LogP contribution >= 0.6 is 32.1 Å². The zero-order chi connectivity index (χ0) is 18.8. The van der Waals surface area contributed by atoms with E-state index in [0.29, 0.717) is 0 Å². The Kier molecular flexibility index (Phi) is 5.03. The van der Waals surface area contributed by atoms with Gasteiger partial charge in [-0.15, -0.1) is 0 Å². The fourth-order valence-electron chi connectivity index (χ4n) is 3.69. The summed E-state index contributed by atoms with van der Waals surface area (Å²) in [4.78, 5) is 5.87. The third-order valence-corrected chi connectivity index (χ3v) is 15.8. The Morgan fingerprint density at radius 2 is 1.15 bits per heavy atom. The van der Waals surface area contributed by atoms with Crippen LogP contribution in [0.15, 0.2) is 96.5 Å². The quantitative estimate of drug-likeness (QED) is 0.348. The molecule has 0 spiro atoms. The number of hydrogen-bond acceptors (Lipinski definition) is 2. The van der Waals surface area contributed by atoms with Gasteiger partial charge < -0.3 is 0 Å². The first-order valence-corrected chi connectivity index (χ1v) is 14.2. The summed E-state index contributed by atoms with van der Waals surface area (Å²) in [5.74, 6) is 0. The van der Waals surface area contributed by atoms with Crippen molar-refractivity contribution < 1.29 is 0 Å². The van der Waals surface area contributed by atoms with Crippen molar-refractivity contribution in [3.05, 3.63) is 107 Å². The molecule has 0 atom stereocenters. The Morgan fingerprint density at radius 3 is 1.48 bits per heavy atom. The number of halogens is 1. The number of nitrogens with zero attached hydrogens (tertiary/aromatic N) is 1. The van der Waals surface area contributed by atoms with E-state index in [4.69, 9.17) is 0 Å². The average molecular weight is 454 g/mol. The van der Waals surface area contributed by atoms with Gasteiger partial charge in [0, 0.05) is 0 Å². The molecule has 0 radical (unpaired) electrons. The van der Waals surface area contributed by atoms with Crippen molar-refractivity contribution in [2.75, 3.05) is 0 Å². The molecule has 4 rings (SSSR count). The average Bonchev–Trinajstić information content (AvgIpc) is 3.14. The van der Waals surface area contributed by atoms with Crippen LogP contribution < -0.4 is 15.9 Å². The number of aryl methyl sites for hydroxylation is 1. The van der Waals surface area contributed by atoms with Gasteiger partial charge in [0.05, 0.1) is 0 Å². The topological polar surface area (TPSA) is 12.9 Å². The molecule has 136 valence electrons. The molecular weight excluding hydrogens is 433 g/mol. The van der Waals surface area contributed by atoms with E-state index in [1.807, 2.05) is 5.51 Å². The van der Waals surface area contributed by atoms with Gasteiger partial charge in [-0.2, -0.15) is 0 Å². The third-order valence-electron chi connectivity index (χ3n) is 5.17. The first kappa shape index (κ1) is 18.6. The van der Waals surface area contributed by atoms with E-state index in [1.54, 1.807) is 11.3 Å². The summed E-state index contributed by atoms with van der Waals surface area (Å²) < 4.78 is 0. The van der Waals surface area contributed by atoms with E-state index in [2.05, 4.69) is 118 Å². The molecule has 0 amide bonds. The Hall–Kier alpha value is -1.80. The van der Waals surface area contributed by atoms with Gasteiger partial charge in [0.25, 0.3) is 0 Å². The van der Waals surface area contributed by atoms with E-state index in [-0.39, 0.29) is 0 Å². The summed E-state index contributed by atoms with van der Waals surface area (Å²) >= 11 is 6.23. The standard InChI is InChI=1S/C23H21BrNPS/c1-19-23(27-18-25-19)17-26(24,20-11-5-2-6-12-20,21-13-7-3-8-14-21)22-15-9-4-10-16-22/h2-16,18H,17H2,1H3. The first-order valence-electron chi connectivity index (χ1n) is 8.91. The molecule has 0 N–H and O–H groups in total. The van der Waals surface area contributed by atoms with Gasteiger partial charge in [-0.3, -0.25) is 0 Å². The van der Waals surface area contributed by atoms with Crippen molar-refractivity contribution >= 4 is 48.0 Å². The van der Waals surface area contributed by atoms with E-state index in [1.165, 1.54) is 20.8 Å². The fraction of sp³-hybridized carbons (Fsp3) is 0.0870. The molecule has 0 unspecified atom stereocenters. The molecule has 0 aliphatic rings. The molecule has 4 aromatic rings. The van der Waals surface area contributed by atoms with Crippen molar-refractivity contribution in [3.63, 3.8) is 0 Å². The molecule has 0 saturated carbocycles. The number of benzene rings is 3. The van der Waals surface area contributed by atoms with Crippen LogP contribution in [0.4, 0.5) is 0 Å². The predicted octanol–water partition coefficient (Wildman–Crippen LogP) is 5.79. The molecule has 0 bridgehead atoms. The minimum atomic E-state index is -2.89. The maximum atomic E-state index is 4.53. The van der Waals surface area contributed by atoms with Gasteiger partial charge in [0.2, 0.25) is 0 Å². The fourth-order valence-corrected chi connectivity index (χ4v) is 13.3. The van der Waals surface area contributed by atoms with Crippen molar-refractivity contribution in [3.8, 4) is 0 Å². The van der Waals surface area contributed by atoms with Gasteiger partial charge in [0.1, 0.15) is 0 Å². The predicted molar refractivity (Wildman–Crippen MR) is 125 cm³/mol. The molecule has 1 heterocycles. The molecule has 1 aromatic heterocycles. The van der Waals surface area contributed by atoms with E-state index >= 15 is 0 Å². The number of aromatic nitrogens is 1. The van der Waals surface area contributed by atoms with Crippen LogP contribution in [-0.4, -0.2) is 4.98 Å². The monoisotopic (exact) mass is 453 g/mol. The summed E-state index contributed by atoms with van der Waals surface area (Å²) in [6.07, 6.45) is 0.917. The molecule has 0 aliphatic carbocycles. The van der Waals surface area contributed by atoms with Crippen LogP contribution in [0.5, 0.6) is 0 Å². The Morgan fingerprint density at radius 1 is 0.741 bits per heavy atom. The molecule has 0 aliphatic heterocycles. The Bertz CT molecular complexity index is 932. The summed E-state index contributed by atoms with van der Waals surface area (Å²) in [5.41, 5.74) is 3.08. The van der Waals surface area contributed by atoms with Crippen LogP contribution in [0.1, 0.15) is 10.6 Å². The van der Waals surface area contributed by atoms with Gasteiger partial charge >= 0.3 is 173 Å².